The largest absolute Gasteiger partial charge is 0.462 e. The highest BCUT2D eigenvalue weighted by atomic mass is 79.9. The topological polar surface area (TPSA) is 55.4 Å². The fraction of sp³-hybridized carbons (Fsp3) is 0.143. The molecule has 0 fully saturated rings. The third-order valence-corrected chi connectivity index (χ3v) is 5.31. The van der Waals surface area contributed by atoms with Gasteiger partial charge in [-0.25, -0.2) is 4.79 Å². The molecule has 0 aliphatic heterocycles. The van der Waals surface area contributed by atoms with Gasteiger partial charge >= 0.3 is 5.97 Å². The minimum Gasteiger partial charge on any atom is -0.462 e. The van der Waals surface area contributed by atoms with Gasteiger partial charge in [0.15, 0.2) is 0 Å². The van der Waals surface area contributed by atoms with Crippen LogP contribution < -0.4 is 5.32 Å². The zero-order chi connectivity index (χ0) is 19.2. The third kappa shape index (κ3) is 4.84. The molecule has 0 spiro atoms. The molecule has 0 saturated carbocycles. The lowest BCUT2D eigenvalue weighted by Gasteiger charge is -2.09. The van der Waals surface area contributed by atoms with E-state index >= 15 is 0 Å². The highest BCUT2D eigenvalue weighted by molar-refractivity contribution is 9.10. The Hall–Kier alpha value is -2.44. The monoisotopic (exact) mass is 443 g/mol. The van der Waals surface area contributed by atoms with Crippen molar-refractivity contribution in [3.05, 3.63) is 75.6 Å². The molecule has 0 atom stereocenters. The molecule has 0 saturated heterocycles. The number of carbonyl (C=O) groups is 2. The van der Waals surface area contributed by atoms with Gasteiger partial charge in [-0.3, -0.25) is 4.79 Å². The van der Waals surface area contributed by atoms with Gasteiger partial charge < -0.3 is 10.1 Å². The Balaban J connectivity index is 1.89. The molecule has 0 aliphatic rings. The number of thiophene rings is 1. The SMILES string of the molecule is CCOC(=O)c1c(-c2ccc(Br)cc2)csc1NC(=O)Cc1ccccc1. The van der Waals surface area contributed by atoms with Crippen LogP contribution in [0.2, 0.25) is 0 Å². The predicted octanol–water partition coefficient (Wildman–Crippen LogP) is 5.54. The molecule has 0 radical (unpaired) electrons. The van der Waals surface area contributed by atoms with E-state index in [1.165, 1.54) is 11.3 Å². The number of ether oxygens (including phenoxy) is 1. The van der Waals surface area contributed by atoms with Crippen LogP contribution in [0.1, 0.15) is 22.8 Å². The molecule has 3 aromatic rings. The minimum atomic E-state index is -0.438. The second-order valence-corrected chi connectivity index (χ2v) is 7.59. The van der Waals surface area contributed by atoms with Crippen LogP contribution in [0.25, 0.3) is 11.1 Å². The molecule has 6 heteroatoms. The molecular formula is C21H18BrNO3S. The standard InChI is InChI=1S/C21H18BrNO3S/c1-2-26-21(25)19-17(15-8-10-16(22)11-9-15)13-27-20(19)23-18(24)12-14-6-4-3-5-7-14/h3-11,13H,2,12H2,1H3,(H,23,24). The minimum absolute atomic E-state index is 0.170. The highest BCUT2D eigenvalue weighted by Gasteiger charge is 2.22. The van der Waals surface area contributed by atoms with Crippen LogP contribution in [0.5, 0.6) is 0 Å². The molecule has 27 heavy (non-hydrogen) atoms. The van der Waals surface area contributed by atoms with Crippen LogP contribution in [-0.2, 0) is 16.0 Å². The first-order valence-corrected chi connectivity index (χ1v) is 10.1. The maximum atomic E-state index is 12.6. The number of carbonyl (C=O) groups excluding carboxylic acids is 2. The Bertz CT molecular complexity index is 936. The van der Waals surface area contributed by atoms with Crippen molar-refractivity contribution >= 4 is 44.1 Å². The number of amides is 1. The Morgan fingerprint density at radius 3 is 2.44 bits per heavy atom. The second-order valence-electron chi connectivity index (χ2n) is 5.79. The number of rotatable bonds is 6. The second kappa shape index (κ2) is 8.97. The van der Waals surface area contributed by atoms with E-state index in [9.17, 15) is 9.59 Å². The van der Waals surface area contributed by atoms with Crippen molar-refractivity contribution < 1.29 is 14.3 Å². The molecule has 0 bridgehead atoms. The van der Waals surface area contributed by atoms with E-state index in [4.69, 9.17) is 4.74 Å². The molecule has 2 aromatic carbocycles. The Morgan fingerprint density at radius 1 is 1.07 bits per heavy atom. The Morgan fingerprint density at radius 2 is 1.78 bits per heavy atom. The van der Waals surface area contributed by atoms with Crippen LogP contribution in [0.3, 0.4) is 0 Å². The van der Waals surface area contributed by atoms with Gasteiger partial charge in [-0.1, -0.05) is 58.4 Å². The quantitative estimate of drug-likeness (QED) is 0.509. The van der Waals surface area contributed by atoms with Gasteiger partial charge in [0.1, 0.15) is 10.6 Å². The van der Waals surface area contributed by atoms with Crippen LogP contribution in [0, 0.1) is 0 Å². The van der Waals surface area contributed by atoms with Crippen molar-refractivity contribution in [2.45, 2.75) is 13.3 Å². The third-order valence-electron chi connectivity index (χ3n) is 3.89. The van der Waals surface area contributed by atoms with E-state index in [1.807, 2.05) is 60.0 Å². The van der Waals surface area contributed by atoms with Crippen LogP contribution in [0.15, 0.2) is 64.5 Å². The van der Waals surface area contributed by atoms with Crippen molar-refractivity contribution in [2.24, 2.45) is 0 Å². The van der Waals surface area contributed by atoms with Crippen molar-refractivity contribution in [3.8, 4) is 11.1 Å². The van der Waals surface area contributed by atoms with Gasteiger partial charge in [-0.2, -0.15) is 0 Å². The summed E-state index contributed by atoms with van der Waals surface area (Å²) in [5.41, 5.74) is 2.95. The van der Waals surface area contributed by atoms with Gasteiger partial charge in [-0.05, 0) is 30.2 Å². The highest BCUT2D eigenvalue weighted by Crippen LogP contribution is 2.36. The van der Waals surface area contributed by atoms with Crippen molar-refractivity contribution in [2.75, 3.05) is 11.9 Å². The number of halogens is 1. The summed E-state index contributed by atoms with van der Waals surface area (Å²) in [6.07, 6.45) is 0.245. The number of benzene rings is 2. The number of esters is 1. The van der Waals surface area contributed by atoms with E-state index in [0.29, 0.717) is 10.6 Å². The number of hydrogen-bond donors (Lipinski definition) is 1. The van der Waals surface area contributed by atoms with E-state index in [1.54, 1.807) is 6.92 Å². The molecule has 1 amide bonds. The molecule has 4 nitrogen and oxygen atoms in total. The van der Waals surface area contributed by atoms with Gasteiger partial charge in [0.2, 0.25) is 5.91 Å². The maximum absolute atomic E-state index is 12.6. The molecule has 1 N–H and O–H groups in total. The lowest BCUT2D eigenvalue weighted by Crippen LogP contribution is -2.16. The number of anilines is 1. The van der Waals surface area contributed by atoms with Gasteiger partial charge in [0, 0.05) is 15.4 Å². The summed E-state index contributed by atoms with van der Waals surface area (Å²) in [5, 5.41) is 5.24. The van der Waals surface area contributed by atoms with Gasteiger partial charge in [0.25, 0.3) is 0 Å². The average Bonchev–Trinajstić information content (AvgIpc) is 3.06. The van der Waals surface area contributed by atoms with Crippen molar-refractivity contribution in [1.29, 1.82) is 0 Å². The summed E-state index contributed by atoms with van der Waals surface area (Å²) in [7, 11) is 0. The molecule has 1 heterocycles. The molecule has 0 unspecified atom stereocenters. The van der Waals surface area contributed by atoms with E-state index < -0.39 is 5.97 Å². The van der Waals surface area contributed by atoms with Crippen molar-refractivity contribution in [3.63, 3.8) is 0 Å². The predicted molar refractivity (Wildman–Crippen MR) is 112 cm³/mol. The molecule has 138 valence electrons. The maximum Gasteiger partial charge on any atom is 0.341 e. The summed E-state index contributed by atoms with van der Waals surface area (Å²) in [6, 6.07) is 17.2. The summed E-state index contributed by atoms with van der Waals surface area (Å²) in [4.78, 5) is 25.0. The smallest absolute Gasteiger partial charge is 0.341 e. The summed E-state index contributed by atoms with van der Waals surface area (Å²) < 4.78 is 6.17. The van der Waals surface area contributed by atoms with Gasteiger partial charge in [-0.15, -0.1) is 11.3 Å². The van der Waals surface area contributed by atoms with Gasteiger partial charge in [0.05, 0.1) is 13.0 Å². The van der Waals surface area contributed by atoms with E-state index in [-0.39, 0.29) is 18.9 Å². The Labute approximate surface area is 170 Å². The summed E-state index contributed by atoms with van der Waals surface area (Å²) >= 11 is 4.74. The van der Waals surface area contributed by atoms with E-state index in [2.05, 4.69) is 21.2 Å². The molecule has 0 aliphatic carbocycles. The first kappa shape index (κ1) is 19.3. The van der Waals surface area contributed by atoms with E-state index in [0.717, 1.165) is 21.2 Å². The number of hydrogen-bond acceptors (Lipinski definition) is 4. The first-order valence-electron chi connectivity index (χ1n) is 8.46. The van der Waals surface area contributed by atoms with Crippen molar-refractivity contribution in [1.82, 2.24) is 0 Å². The fourth-order valence-corrected chi connectivity index (χ4v) is 3.89. The Kier molecular flexibility index (Phi) is 6.42. The van der Waals surface area contributed by atoms with Crippen LogP contribution in [0.4, 0.5) is 5.00 Å². The molecular weight excluding hydrogens is 426 g/mol. The van der Waals surface area contributed by atoms with Crippen LogP contribution >= 0.6 is 27.3 Å². The average molecular weight is 444 g/mol. The fourth-order valence-electron chi connectivity index (χ4n) is 2.65. The summed E-state index contributed by atoms with van der Waals surface area (Å²) in [5.74, 6) is -0.609. The molecule has 1 aromatic heterocycles. The first-order chi connectivity index (χ1) is 13.1. The van der Waals surface area contributed by atoms with Crippen LogP contribution in [-0.4, -0.2) is 18.5 Å². The lowest BCUT2D eigenvalue weighted by atomic mass is 10.0. The lowest BCUT2D eigenvalue weighted by molar-refractivity contribution is -0.115. The zero-order valence-corrected chi connectivity index (χ0v) is 17.1. The molecule has 3 rings (SSSR count). The summed E-state index contributed by atoms with van der Waals surface area (Å²) in [6.45, 7) is 2.03. The normalized spacial score (nSPS) is 10.4. The number of nitrogens with one attached hydrogen (secondary N) is 1. The zero-order valence-electron chi connectivity index (χ0n) is 14.7.